The molecule has 2 nitrogen and oxygen atoms in total. The Morgan fingerprint density at radius 3 is 2.43 bits per heavy atom. The first-order valence-corrected chi connectivity index (χ1v) is 3.09. The highest BCUT2D eigenvalue weighted by Crippen LogP contribution is 1.98. The average molecular weight is 126 g/mol. The van der Waals surface area contributed by atoms with Crippen LogP contribution in [0.2, 0.25) is 0 Å². The van der Waals surface area contributed by atoms with Gasteiger partial charge in [0.25, 0.3) is 0 Å². The van der Waals surface area contributed by atoms with Crippen LogP contribution in [-0.4, -0.2) is 14.3 Å². The number of hydrogen-bond donors (Lipinski definition) is 1. The fourth-order valence-electron chi connectivity index (χ4n) is 0.143. The van der Waals surface area contributed by atoms with E-state index in [4.69, 9.17) is 4.55 Å². The molecule has 0 amide bonds. The predicted octanol–water partition coefficient (Wildman–Crippen LogP) is 0.914. The third-order valence-electron chi connectivity index (χ3n) is 0.540. The van der Waals surface area contributed by atoms with Crippen LogP contribution in [0.5, 0.6) is 0 Å². The highest BCUT2D eigenvalue weighted by Gasteiger charge is 2.07. The van der Waals surface area contributed by atoms with E-state index in [0.29, 0.717) is 0 Å². The first kappa shape index (κ1) is 7.04. The molecule has 0 heterocycles. The fourth-order valence-corrected chi connectivity index (χ4v) is 0.428. The molecule has 0 bridgehead atoms. The third-order valence-corrected chi connectivity index (χ3v) is 1.31. The average Bonchev–Trinajstić information content (AvgIpc) is 1.65. The van der Waals surface area contributed by atoms with E-state index in [0.717, 1.165) is 0 Å². The standard InChI is InChI=1S/C3H7FO2S/c1-2-3(4)7(5)6/h3H,2H2,1H3,(H,5,6). The lowest BCUT2D eigenvalue weighted by molar-refractivity contribution is 0.400. The molecule has 0 aliphatic rings. The van der Waals surface area contributed by atoms with Crippen LogP contribution in [0.25, 0.3) is 0 Å². The maximum Gasteiger partial charge on any atom is 0.200 e. The minimum absolute atomic E-state index is 0.100. The smallest absolute Gasteiger partial charge is 0.200 e. The van der Waals surface area contributed by atoms with Gasteiger partial charge in [-0.1, -0.05) is 6.92 Å². The van der Waals surface area contributed by atoms with Gasteiger partial charge in [0.2, 0.25) is 0 Å². The van der Waals surface area contributed by atoms with Crippen molar-refractivity contribution in [1.82, 2.24) is 0 Å². The highest BCUT2D eigenvalue weighted by molar-refractivity contribution is 7.79. The first-order valence-electron chi connectivity index (χ1n) is 1.92. The minimum atomic E-state index is -2.28. The van der Waals surface area contributed by atoms with Crippen molar-refractivity contribution in [3.05, 3.63) is 0 Å². The van der Waals surface area contributed by atoms with E-state index < -0.39 is 16.6 Å². The molecule has 0 rings (SSSR count). The summed E-state index contributed by atoms with van der Waals surface area (Å²) in [6.45, 7) is 1.51. The molecular formula is C3H7FO2S. The van der Waals surface area contributed by atoms with E-state index in [1.807, 2.05) is 0 Å². The minimum Gasteiger partial charge on any atom is -0.304 e. The first-order chi connectivity index (χ1) is 3.18. The summed E-state index contributed by atoms with van der Waals surface area (Å²) in [5, 5.41) is 0. The zero-order valence-corrected chi connectivity index (χ0v) is 4.74. The van der Waals surface area contributed by atoms with Gasteiger partial charge in [-0.15, -0.1) is 0 Å². The van der Waals surface area contributed by atoms with Crippen LogP contribution >= 0.6 is 0 Å². The predicted molar refractivity (Wildman–Crippen MR) is 26.0 cm³/mol. The molecule has 44 valence electrons. The highest BCUT2D eigenvalue weighted by atomic mass is 32.2. The molecule has 4 heteroatoms. The van der Waals surface area contributed by atoms with Gasteiger partial charge in [-0.2, -0.15) is 0 Å². The van der Waals surface area contributed by atoms with E-state index in [-0.39, 0.29) is 6.42 Å². The van der Waals surface area contributed by atoms with Gasteiger partial charge < -0.3 is 4.55 Å². The Morgan fingerprint density at radius 1 is 2.00 bits per heavy atom. The summed E-state index contributed by atoms with van der Waals surface area (Å²) in [6, 6.07) is 0. The Hall–Kier alpha value is 0.0400. The Balaban J connectivity index is 3.34. The zero-order chi connectivity index (χ0) is 5.86. The van der Waals surface area contributed by atoms with Gasteiger partial charge >= 0.3 is 0 Å². The van der Waals surface area contributed by atoms with Gasteiger partial charge in [0, 0.05) is 0 Å². The Kier molecular flexibility index (Phi) is 3.11. The van der Waals surface area contributed by atoms with Crippen molar-refractivity contribution in [3.8, 4) is 0 Å². The fraction of sp³-hybridized carbons (Fsp3) is 1.00. The van der Waals surface area contributed by atoms with Crippen LogP contribution in [0.3, 0.4) is 0 Å². The molecule has 2 atom stereocenters. The van der Waals surface area contributed by atoms with Gasteiger partial charge in [-0.3, -0.25) is 0 Å². The van der Waals surface area contributed by atoms with Crippen molar-refractivity contribution in [2.45, 2.75) is 18.8 Å². The summed E-state index contributed by atoms with van der Waals surface area (Å²) in [5.74, 6) is 0. The lowest BCUT2D eigenvalue weighted by atomic mass is 10.6. The SMILES string of the molecule is CCC(F)S(=O)O. The maximum absolute atomic E-state index is 11.7. The van der Waals surface area contributed by atoms with E-state index in [9.17, 15) is 8.60 Å². The van der Waals surface area contributed by atoms with Crippen LogP contribution in [0.1, 0.15) is 13.3 Å². The Labute approximate surface area is 44.0 Å². The van der Waals surface area contributed by atoms with Crippen LogP contribution in [0, 0.1) is 0 Å². The lowest BCUT2D eigenvalue weighted by Gasteiger charge is -1.93. The van der Waals surface area contributed by atoms with Crippen LogP contribution in [-0.2, 0) is 11.1 Å². The third kappa shape index (κ3) is 2.70. The van der Waals surface area contributed by atoms with Crippen molar-refractivity contribution in [1.29, 1.82) is 0 Å². The number of halogens is 1. The van der Waals surface area contributed by atoms with E-state index in [1.54, 1.807) is 0 Å². The molecule has 0 saturated carbocycles. The van der Waals surface area contributed by atoms with Crippen LogP contribution < -0.4 is 0 Å². The second kappa shape index (κ2) is 3.10. The molecule has 2 unspecified atom stereocenters. The second-order valence-electron chi connectivity index (χ2n) is 1.09. The molecule has 0 radical (unpaired) electrons. The van der Waals surface area contributed by atoms with Gasteiger partial charge in [-0.25, -0.2) is 8.60 Å². The van der Waals surface area contributed by atoms with Crippen LogP contribution in [0.15, 0.2) is 0 Å². The maximum atomic E-state index is 11.7. The molecule has 0 aliphatic carbocycles. The van der Waals surface area contributed by atoms with Gasteiger partial charge in [0.1, 0.15) is 0 Å². The zero-order valence-electron chi connectivity index (χ0n) is 3.93. The largest absolute Gasteiger partial charge is 0.304 e. The number of hydrogen-bond acceptors (Lipinski definition) is 1. The molecular weight excluding hydrogens is 119 g/mol. The van der Waals surface area contributed by atoms with Crippen molar-refractivity contribution < 1.29 is 13.2 Å². The van der Waals surface area contributed by atoms with E-state index >= 15 is 0 Å². The molecule has 0 saturated heterocycles. The molecule has 0 aliphatic heterocycles. The van der Waals surface area contributed by atoms with Crippen molar-refractivity contribution >= 4 is 11.1 Å². The van der Waals surface area contributed by atoms with Crippen molar-refractivity contribution in [3.63, 3.8) is 0 Å². The molecule has 0 spiro atoms. The summed E-state index contributed by atoms with van der Waals surface area (Å²) in [4.78, 5) is 0. The normalized spacial score (nSPS) is 18.7. The summed E-state index contributed by atoms with van der Waals surface area (Å²) in [7, 11) is 0. The quantitative estimate of drug-likeness (QED) is 0.558. The second-order valence-corrected chi connectivity index (χ2v) is 2.16. The van der Waals surface area contributed by atoms with Crippen molar-refractivity contribution in [2.24, 2.45) is 0 Å². The molecule has 7 heavy (non-hydrogen) atoms. The van der Waals surface area contributed by atoms with E-state index in [2.05, 4.69) is 0 Å². The summed E-state index contributed by atoms with van der Waals surface area (Å²) < 4.78 is 29.3. The van der Waals surface area contributed by atoms with E-state index in [1.165, 1.54) is 6.92 Å². The van der Waals surface area contributed by atoms with Crippen LogP contribution in [0.4, 0.5) is 4.39 Å². The van der Waals surface area contributed by atoms with Gasteiger partial charge in [0.15, 0.2) is 16.6 Å². The monoisotopic (exact) mass is 126 g/mol. The Bertz CT molecular complexity index is 75.3. The molecule has 0 aromatic carbocycles. The molecule has 0 fully saturated rings. The summed E-state index contributed by atoms with van der Waals surface area (Å²) in [5.41, 5.74) is -1.57. The summed E-state index contributed by atoms with van der Waals surface area (Å²) >= 11 is -2.28. The number of alkyl halides is 1. The topological polar surface area (TPSA) is 37.3 Å². The molecule has 0 aromatic rings. The number of rotatable bonds is 2. The molecule has 1 N–H and O–H groups in total. The molecule has 0 aromatic heterocycles. The lowest BCUT2D eigenvalue weighted by Crippen LogP contribution is -2.04. The van der Waals surface area contributed by atoms with Gasteiger partial charge in [0.05, 0.1) is 0 Å². The Morgan fingerprint density at radius 2 is 2.43 bits per heavy atom. The van der Waals surface area contributed by atoms with Gasteiger partial charge in [-0.05, 0) is 6.42 Å². The van der Waals surface area contributed by atoms with Crippen molar-refractivity contribution in [2.75, 3.05) is 0 Å². The summed E-state index contributed by atoms with van der Waals surface area (Å²) in [6.07, 6.45) is 0.100.